The largest absolute Gasteiger partial charge is 0.493 e. The van der Waals surface area contributed by atoms with Crippen molar-refractivity contribution in [3.63, 3.8) is 0 Å². The third kappa shape index (κ3) is 3.79. The number of nitrogens with zero attached hydrogens (tertiary/aromatic N) is 3. The zero-order valence-corrected chi connectivity index (χ0v) is 16.7. The van der Waals surface area contributed by atoms with Crippen LogP contribution < -0.4 is 9.47 Å². The highest BCUT2D eigenvalue weighted by Crippen LogP contribution is 2.34. The lowest BCUT2D eigenvalue weighted by Crippen LogP contribution is -1.95. The molecule has 0 aliphatic rings. The molecule has 3 aromatic heterocycles. The van der Waals surface area contributed by atoms with E-state index < -0.39 is 0 Å². The van der Waals surface area contributed by atoms with E-state index in [1.807, 2.05) is 49.6 Å². The molecule has 27 heavy (non-hydrogen) atoms. The summed E-state index contributed by atoms with van der Waals surface area (Å²) in [5.74, 6) is 2.25. The smallest absolute Gasteiger partial charge is 0.172 e. The molecular formula is C20H19N3O2S2. The molecule has 138 valence electrons. The molecule has 0 radical (unpaired) electrons. The number of hydrogen-bond acceptors (Lipinski definition) is 6. The maximum absolute atomic E-state index is 5.58. The summed E-state index contributed by atoms with van der Waals surface area (Å²) < 4.78 is 13.1. The third-order valence-corrected chi connectivity index (χ3v) is 5.96. The molecule has 5 nitrogen and oxygen atoms in total. The molecule has 0 bridgehead atoms. The second-order valence-electron chi connectivity index (χ2n) is 5.77. The van der Waals surface area contributed by atoms with Crippen molar-refractivity contribution in [2.45, 2.75) is 17.8 Å². The van der Waals surface area contributed by atoms with Gasteiger partial charge in [-0.3, -0.25) is 4.40 Å². The van der Waals surface area contributed by atoms with E-state index in [-0.39, 0.29) is 0 Å². The molecule has 4 rings (SSSR count). The van der Waals surface area contributed by atoms with E-state index in [0.29, 0.717) is 6.61 Å². The predicted octanol–water partition coefficient (Wildman–Crippen LogP) is 5.16. The molecule has 0 N–H and O–H groups in total. The van der Waals surface area contributed by atoms with Crippen LogP contribution in [0, 0.1) is 0 Å². The van der Waals surface area contributed by atoms with Crippen LogP contribution in [0.2, 0.25) is 0 Å². The molecule has 0 aliphatic carbocycles. The van der Waals surface area contributed by atoms with Crippen LogP contribution >= 0.6 is 23.1 Å². The van der Waals surface area contributed by atoms with Crippen molar-refractivity contribution in [2.75, 3.05) is 13.7 Å². The van der Waals surface area contributed by atoms with Gasteiger partial charge in [0.2, 0.25) is 0 Å². The molecule has 0 saturated carbocycles. The van der Waals surface area contributed by atoms with Gasteiger partial charge in [0.15, 0.2) is 16.7 Å². The Hall–Kier alpha value is -2.51. The zero-order valence-electron chi connectivity index (χ0n) is 15.1. The molecule has 0 atom stereocenters. The highest BCUT2D eigenvalue weighted by Gasteiger charge is 2.11. The van der Waals surface area contributed by atoms with Crippen molar-refractivity contribution in [3.8, 4) is 22.1 Å². The van der Waals surface area contributed by atoms with E-state index in [1.54, 1.807) is 30.2 Å². The van der Waals surface area contributed by atoms with Gasteiger partial charge in [0.05, 0.1) is 31.1 Å². The highest BCUT2D eigenvalue weighted by molar-refractivity contribution is 7.98. The second kappa shape index (κ2) is 8.02. The summed E-state index contributed by atoms with van der Waals surface area (Å²) in [6.07, 6.45) is 3.92. The SMILES string of the molecule is CCOc1ccc(-c2nc(CSc3ncc4ccccn34)cs2)cc1OC. The standard InChI is InChI=1S/C20H19N3O2S2/c1-3-25-17-8-7-14(10-18(17)24-2)19-22-15(12-26-19)13-27-20-21-11-16-6-4-5-9-23(16)20/h4-12H,3,13H2,1-2H3. The van der Waals surface area contributed by atoms with Crippen LogP contribution in [0.5, 0.6) is 11.5 Å². The van der Waals surface area contributed by atoms with Crippen LogP contribution in [-0.2, 0) is 5.75 Å². The molecule has 1 aromatic carbocycles. The first kappa shape index (κ1) is 17.9. The van der Waals surface area contributed by atoms with E-state index in [4.69, 9.17) is 14.5 Å². The Labute approximate surface area is 166 Å². The van der Waals surface area contributed by atoms with Crippen molar-refractivity contribution < 1.29 is 9.47 Å². The minimum absolute atomic E-state index is 0.608. The molecule has 0 unspecified atom stereocenters. The summed E-state index contributed by atoms with van der Waals surface area (Å²) in [4.78, 5) is 9.27. The van der Waals surface area contributed by atoms with Crippen molar-refractivity contribution >= 4 is 28.6 Å². The van der Waals surface area contributed by atoms with Crippen LogP contribution in [-0.4, -0.2) is 28.1 Å². The molecule has 7 heteroatoms. The maximum atomic E-state index is 5.58. The molecule has 0 spiro atoms. The first-order valence-corrected chi connectivity index (χ1v) is 10.5. The summed E-state index contributed by atoms with van der Waals surface area (Å²) >= 11 is 3.32. The predicted molar refractivity (Wildman–Crippen MR) is 110 cm³/mol. The summed E-state index contributed by atoms with van der Waals surface area (Å²) in [6.45, 7) is 2.57. The number of rotatable bonds is 7. The van der Waals surface area contributed by atoms with E-state index in [1.165, 1.54) is 0 Å². The lowest BCUT2D eigenvalue weighted by Gasteiger charge is -2.09. The number of fused-ring (bicyclic) bond motifs is 1. The van der Waals surface area contributed by atoms with Gasteiger partial charge >= 0.3 is 0 Å². The van der Waals surface area contributed by atoms with Gasteiger partial charge in [-0.25, -0.2) is 9.97 Å². The van der Waals surface area contributed by atoms with E-state index in [2.05, 4.69) is 20.8 Å². The third-order valence-electron chi connectivity index (χ3n) is 4.02. The summed E-state index contributed by atoms with van der Waals surface area (Å²) in [5, 5.41) is 4.05. The number of hydrogen-bond donors (Lipinski definition) is 0. The van der Waals surface area contributed by atoms with Crippen LogP contribution in [0.25, 0.3) is 16.1 Å². The van der Waals surface area contributed by atoms with Crippen LogP contribution in [0.3, 0.4) is 0 Å². The lowest BCUT2D eigenvalue weighted by molar-refractivity contribution is 0.311. The van der Waals surface area contributed by atoms with Crippen molar-refractivity contribution in [1.29, 1.82) is 0 Å². The summed E-state index contributed by atoms with van der Waals surface area (Å²) in [5.41, 5.74) is 3.17. The Kier molecular flexibility index (Phi) is 5.31. The quantitative estimate of drug-likeness (QED) is 0.403. The van der Waals surface area contributed by atoms with Crippen molar-refractivity contribution in [3.05, 3.63) is 59.9 Å². The van der Waals surface area contributed by atoms with Crippen LogP contribution in [0.15, 0.2) is 59.3 Å². The highest BCUT2D eigenvalue weighted by atomic mass is 32.2. The average Bonchev–Trinajstić information content (AvgIpc) is 3.34. The zero-order chi connectivity index (χ0) is 18.6. The number of benzene rings is 1. The molecular weight excluding hydrogens is 378 g/mol. The normalized spacial score (nSPS) is 11.0. The fourth-order valence-corrected chi connectivity index (χ4v) is 4.53. The van der Waals surface area contributed by atoms with E-state index >= 15 is 0 Å². The minimum atomic E-state index is 0.608. The van der Waals surface area contributed by atoms with Gasteiger partial charge in [-0.15, -0.1) is 11.3 Å². The number of aromatic nitrogens is 3. The van der Waals surface area contributed by atoms with Gasteiger partial charge in [0.1, 0.15) is 5.01 Å². The molecule has 0 saturated heterocycles. The fraction of sp³-hybridized carbons (Fsp3) is 0.200. The Morgan fingerprint density at radius 2 is 2.11 bits per heavy atom. The molecule has 3 heterocycles. The number of thioether (sulfide) groups is 1. The summed E-state index contributed by atoms with van der Waals surface area (Å²) in [7, 11) is 1.65. The minimum Gasteiger partial charge on any atom is -0.493 e. The van der Waals surface area contributed by atoms with Crippen LogP contribution in [0.1, 0.15) is 12.6 Å². The van der Waals surface area contributed by atoms with Gasteiger partial charge in [-0.05, 0) is 37.3 Å². The van der Waals surface area contributed by atoms with Gasteiger partial charge < -0.3 is 9.47 Å². The molecule has 0 fully saturated rings. The number of pyridine rings is 1. The molecule has 4 aromatic rings. The number of ether oxygens (including phenoxy) is 2. The molecule has 0 aliphatic heterocycles. The Bertz CT molecular complexity index is 1060. The molecule has 0 amide bonds. The lowest BCUT2D eigenvalue weighted by atomic mass is 10.2. The Morgan fingerprint density at radius 3 is 2.96 bits per heavy atom. The van der Waals surface area contributed by atoms with Gasteiger partial charge in [0, 0.05) is 22.9 Å². The van der Waals surface area contributed by atoms with E-state index in [0.717, 1.165) is 44.2 Å². The average molecular weight is 398 g/mol. The fourth-order valence-electron chi connectivity index (χ4n) is 2.75. The Balaban J connectivity index is 1.50. The van der Waals surface area contributed by atoms with Crippen LogP contribution in [0.4, 0.5) is 0 Å². The van der Waals surface area contributed by atoms with Gasteiger partial charge in [0.25, 0.3) is 0 Å². The van der Waals surface area contributed by atoms with Crippen molar-refractivity contribution in [2.24, 2.45) is 0 Å². The van der Waals surface area contributed by atoms with Gasteiger partial charge in [-0.2, -0.15) is 0 Å². The first-order chi connectivity index (χ1) is 13.3. The number of methoxy groups -OCH3 is 1. The van der Waals surface area contributed by atoms with Gasteiger partial charge in [-0.1, -0.05) is 17.8 Å². The second-order valence-corrected chi connectivity index (χ2v) is 7.57. The summed E-state index contributed by atoms with van der Waals surface area (Å²) in [6, 6.07) is 12.0. The number of imidazole rings is 1. The van der Waals surface area contributed by atoms with E-state index in [9.17, 15) is 0 Å². The topological polar surface area (TPSA) is 48.7 Å². The van der Waals surface area contributed by atoms with Crippen molar-refractivity contribution in [1.82, 2.24) is 14.4 Å². The maximum Gasteiger partial charge on any atom is 0.172 e. The number of thiazole rings is 1. The Morgan fingerprint density at radius 1 is 1.19 bits per heavy atom. The first-order valence-electron chi connectivity index (χ1n) is 8.59. The monoisotopic (exact) mass is 397 g/mol.